The van der Waals surface area contributed by atoms with Crippen LogP contribution in [0.3, 0.4) is 0 Å². The maximum absolute atomic E-state index is 12.1. The van der Waals surface area contributed by atoms with Gasteiger partial charge in [-0.1, -0.05) is 0 Å². The van der Waals surface area contributed by atoms with Crippen molar-refractivity contribution in [1.82, 2.24) is 9.55 Å². The maximum atomic E-state index is 12.1. The Bertz CT molecular complexity index is 528. The molecule has 0 amide bonds. The molecule has 19 heavy (non-hydrogen) atoms. The van der Waals surface area contributed by atoms with E-state index in [1.807, 2.05) is 6.92 Å². The summed E-state index contributed by atoms with van der Waals surface area (Å²) in [7, 11) is 1.64. The second-order valence-electron chi connectivity index (χ2n) is 4.50. The van der Waals surface area contributed by atoms with Crippen molar-refractivity contribution in [1.29, 1.82) is 0 Å². The van der Waals surface area contributed by atoms with E-state index < -0.39 is 11.9 Å². The van der Waals surface area contributed by atoms with Crippen LogP contribution in [0.25, 0.3) is 0 Å². The van der Waals surface area contributed by atoms with Crippen molar-refractivity contribution in [2.45, 2.75) is 13.0 Å². The number of aromatic nitrogens is 2. The lowest BCUT2D eigenvalue weighted by Gasteiger charge is -2.29. The van der Waals surface area contributed by atoms with E-state index >= 15 is 0 Å². The highest BCUT2D eigenvalue weighted by Gasteiger charge is 2.38. The summed E-state index contributed by atoms with van der Waals surface area (Å²) in [5.74, 6) is -1.27. The molecule has 0 bridgehead atoms. The summed E-state index contributed by atoms with van der Waals surface area (Å²) in [4.78, 5) is 29.1. The van der Waals surface area contributed by atoms with Crippen LogP contribution >= 0.6 is 0 Å². The number of carbonyl (C=O) groups is 1. The van der Waals surface area contributed by atoms with Crippen LogP contribution in [-0.2, 0) is 16.6 Å². The first kappa shape index (κ1) is 13.5. The molecule has 1 aliphatic rings. The molecule has 1 aromatic rings. The summed E-state index contributed by atoms with van der Waals surface area (Å²) in [6.45, 7) is 2.84. The number of ether oxygens (including phenoxy) is 1. The topological polar surface area (TPSA) is 84.7 Å². The molecular formula is C12H17N3O4. The number of hydrogen-bond acceptors (Lipinski definition) is 5. The van der Waals surface area contributed by atoms with Gasteiger partial charge in [-0.3, -0.25) is 9.59 Å². The maximum Gasteiger partial charge on any atom is 0.311 e. The highest BCUT2D eigenvalue weighted by atomic mass is 16.5. The summed E-state index contributed by atoms with van der Waals surface area (Å²) >= 11 is 0. The van der Waals surface area contributed by atoms with Crippen molar-refractivity contribution in [3.05, 3.63) is 22.7 Å². The van der Waals surface area contributed by atoms with Crippen LogP contribution in [0.4, 0.5) is 5.82 Å². The summed E-state index contributed by atoms with van der Waals surface area (Å²) in [6, 6.07) is -0.356. The van der Waals surface area contributed by atoms with Gasteiger partial charge in [-0.15, -0.1) is 0 Å². The number of carboxylic acid groups (broad SMARTS) is 1. The van der Waals surface area contributed by atoms with Crippen LogP contribution in [-0.4, -0.2) is 46.4 Å². The van der Waals surface area contributed by atoms with E-state index in [9.17, 15) is 14.7 Å². The Morgan fingerprint density at radius 1 is 1.63 bits per heavy atom. The van der Waals surface area contributed by atoms with Crippen molar-refractivity contribution in [2.75, 3.05) is 24.7 Å². The van der Waals surface area contributed by atoms with Crippen LogP contribution in [0, 0.1) is 5.92 Å². The predicted molar refractivity (Wildman–Crippen MR) is 68.2 cm³/mol. The van der Waals surface area contributed by atoms with Crippen LogP contribution in [0.1, 0.15) is 6.92 Å². The first-order valence-corrected chi connectivity index (χ1v) is 6.15. The number of aryl methyl sites for hydroxylation is 1. The van der Waals surface area contributed by atoms with Crippen molar-refractivity contribution in [3.8, 4) is 0 Å². The molecule has 2 atom stereocenters. The molecule has 7 heteroatoms. The van der Waals surface area contributed by atoms with Gasteiger partial charge in [0.25, 0.3) is 5.56 Å². The van der Waals surface area contributed by atoms with E-state index in [4.69, 9.17) is 4.74 Å². The fourth-order valence-corrected chi connectivity index (χ4v) is 2.31. The SMILES string of the molecule is CCN(c1nccn(C)c1=O)C1COCC1C(=O)O. The number of anilines is 1. The van der Waals surface area contributed by atoms with Gasteiger partial charge in [0.2, 0.25) is 0 Å². The Morgan fingerprint density at radius 2 is 2.37 bits per heavy atom. The highest BCUT2D eigenvalue weighted by molar-refractivity contribution is 5.72. The van der Waals surface area contributed by atoms with Gasteiger partial charge in [-0.2, -0.15) is 0 Å². The van der Waals surface area contributed by atoms with Gasteiger partial charge in [0, 0.05) is 26.0 Å². The third-order valence-electron chi connectivity index (χ3n) is 3.38. The van der Waals surface area contributed by atoms with Gasteiger partial charge in [0.1, 0.15) is 5.92 Å². The number of hydrogen-bond donors (Lipinski definition) is 1. The zero-order valence-electron chi connectivity index (χ0n) is 10.9. The van der Waals surface area contributed by atoms with Gasteiger partial charge in [0.15, 0.2) is 5.82 Å². The molecule has 1 saturated heterocycles. The largest absolute Gasteiger partial charge is 0.481 e. The molecule has 0 radical (unpaired) electrons. The number of carboxylic acids is 1. The second-order valence-corrected chi connectivity index (χ2v) is 4.50. The molecule has 0 aliphatic carbocycles. The zero-order valence-corrected chi connectivity index (χ0v) is 10.9. The minimum Gasteiger partial charge on any atom is -0.481 e. The fourth-order valence-electron chi connectivity index (χ4n) is 2.31. The molecule has 7 nitrogen and oxygen atoms in total. The molecule has 0 saturated carbocycles. The predicted octanol–water partition coefficient (Wildman–Crippen LogP) is -0.294. The Labute approximate surface area is 110 Å². The van der Waals surface area contributed by atoms with E-state index in [1.54, 1.807) is 18.1 Å². The quantitative estimate of drug-likeness (QED) is 0.806. The normalized spacial score (nSPS) is 22.4. The average molecular weight is 267 g/mol. The van der Waals surface area contributed by atoms with E-state index in [-0.39, 0.29) is 24.0 Å². The third-order valence-corrected chi connectivity index (χ3v) is 3.38. The van der Waals surface area contributed by atoms with Crippen molar-refractivity contribution in [3.63, 3.8) is 0 Å². The molecule has 0 aromatic carbocycles. The third kappa shape index (κ3) is 2.46. The molecule has 1 aromatic heterocycles. The molecule has 1 fully saturated rings. The lowest BCUT2D eigenvalue weighted by Crippen LogP contribution is -2.46. The number of aliphatic carboxylic acids is 1. The van der Waals surface area contributed by atoms with Crippen LogP contribution in [0.15, 0.2) is 17.2 Å². The monoisotopic (exact) mass is 267 g/mol. The molecule has 1 aliphatic heterocycles. The van der Waals surface area contributed by atoms with E-state index in [0.717, 1.165) is 0 Å². The Morgan fingerprint density at radius 3 is 3.00 bits per heavy atom. The summed E-state index contributed by atoms with van der Waals surface area (Å²) < 4.78 is 6.67. The number of nitrogens with zero attached hydrogens (tertiary/aromatic N) is 3. The zero-order chi connectivity index (χ0) is 14.0. The first-order chi connectivity index (χ1) is 9.06. The molecule has 2 rings (SSSR count). The number of rotatable bonds is 4. The Kier molecular flexibility index (Phi) is 3.84. The van der Waals surface area contributed by atoms with Crippen LogP contribution in [0.2, 0.25) is 0 Å². The second kappa shape index (κ2) is 5.40. The average Bonchev–Trinajstić information content (AvgIpc) is 2.85. The molecule has 2 unspecified atom stereocenters. The summed E-state index contributed by atoms with van der Waals surface area (Å²) in [5, 5.41) is 9.19. The first-order valence-electron chi connectivity index (χ1n) is 6.15. The number of likely N-dealkylation sites (N-methyl/N-ethyl adjacent to an activating group) is 1. The van der Waals surface area contributed by atoms with E-state index in [0.29, 0.717) is 13.2 Å². The molecule has 104 valence electrons. The lowest BCUT2D eigenvalue weighted by atomic mass is 10.0. The minimum absolute atomic E-state index is 0.170. The van der Waals surface area contributed by atoms with Gasteiger partial charge in [-0.25, -0.2) is 4.98 Å². The Hall–Kier alpha value is -1.89. The van der Waals surface area contributed by atoms with Crippen molar-refractivity contribution >= 4 is 11.8 Å². The van der Waals surface area contributed by atoms with Gasteiger partial charge in [-0.05, 0) is 6.92 Å². The van der Waals surface area contributed by atoms with Crippen LogP contribution < -0.4 is 10.5 Å². The molecular weight excluding hydrogens is 250 g/mol. The minimum atomic E-state index is -0.909. The lowest BCUT2D eigenvalue weighted by molar-refractivity contribution is -0.141. The van der Waals surface area contributed by atoms with E-state index in [2.05, 4.69) is 4.98 Å². The van der Waals surface area contributed by atoms with Gasteiger partial charge < -0.3 is 19.3 Å². The smallest absolute Gasteiger partial charge is 0.311 e. The molecule has 1 N–H and O–H groups in total. The van der Waals surface area contributed by atoms with Crippen molar-refractivity contribution in [2.24, 2.45) is 13.0 Å². The van der Waals surface area contributed by atoms with E-state index in [1.165, 1.54) is 10.8 Å². The summed E-state index contributed by atoms with van der Waals surface area (Å²) in [6.07, 6.45) is 3.10. The van der Waals surface area contributed by atoms with Crippen molar-refractivity contribution < 1.29 is 14.6 Å². The van der Waals surface area contributed by atoms with Gasteiger partial charge in [0.05, 0.1) is 19.3 Å². The fraction of sp³-hybridized carbons (Fsp3) is 0.583. The molecule has 2 heterocycles. The van der Waals surface area contributed by atoms with Gasteiger partial charge >= 0.3 is 5.97 Å². The molecule has 0 spiro atoms. The summed E-state index contributed by atoms with van der Waals surface area (Å²) in [5.41, 5.74) is -0.236. The highest BCUT2D eigenvalue weighted by Crippen LogP contribution is 2.22. The van der Waals surface area contributed by atoms with Crippen LogP contribution in [0.5, 0.6) is 0 Å². The standard InChI is InChI=1S/C12H17N3O4/c1-3-15(9-7-19-6-8(9)12(17)18)10-11(16)14(2)5-4-13-10/h4-5,8-9H,3,6-7H2,1-2H3,(H,17,18). The Balaban J connectivity index is 2.37.